The summed E-state index contributed by atoms with van der Waals surface area (Å²) in [5.74, 6) is 1.54. The van der Waals surface area contributed by atoms with Gasteiger partial charge in [-0.3, -0.25) is 9.89 Å². The van der Waals surface area contributed by atoms with Crippen LogP contribution in [0.15, 0.2) is 4.99 Å². The van der Waals surface area contributed by atoms with Gasteiger partial charge in [-0.15, -0.1) is 0 Å². The van der Waals surface area contributed by atoms with E-state index >= 15 is 0 Å². The second-order valence-electron chi connectivity index (χ2n) is 8.29. The fraction of sp³-hybridized carbons (Fsp3) is 0.950. The molecule has 150 valence electrons. The van der Waals surface area contributed by atoms with Crippen LogP contribution in [0.5, 0.6) is 0 Å². The zero-order chi connectivity index (χ0) is 18.4. The molecule has 1 heterocycles. The summed E-state index contributed by atoms with van der Waals surface area (Å²) in [6, 6.07) is 0.502. The van der Waals surface area contributed by atoms with Crippen LogP contribution in [0.3, 0.4) is 0 Å². The van der Waals surface area contributed by atoms with Crippen LogP contribution >= 0.6 is 0 Å². The Balaban J connectivity index is 1.44. The normalized spacial score (nSPS) is 30.2. The first-order valence-corrected chi connectivity index (χ1v) is 10.6. The minimum Gasteiger partial charge on any atom is -0.379 e. The lowest BCUT2D eigenvalue weighted by molar-refractivity contribution is -0.125. The monoisotopic (exact) mass is 366 g/mol. The Bertz CT molecular complexity index is 459. The summed E-state index contributed by atoms with van der Waals surface area (Å²) in [4.78, 5) is 6.97. The Hall–Kier alpha value is -0.850. The van der Waals surface area contributed by atoms with Gasteiger partial charge < -0.3 is 20.1 Å². The maximum atomic E-state index is 6.03. The van der Waals surface area contributed by atoms with Crippen molar-refractivity contribution in [3.63, 3.8) is 0 Å². The van der Waals surface area contributed by atoms with Gasteiger partial charge in [-0.1, -0.05) is 19.8 Å². The Labute approximate surface area is 159 Å². The molecule has 0 bridgehead atoms. The lowest BCUT2D eigenvalue weighted by Gasteiger charge is -2.54. The number of aliphatic imine (C=N–C) groups is 1. The van der Waals surface area contributed by atoms with Gasteiger partial charge in [0.2, 0.25) is 0 Å². The fourth-order valence-electron chi connectivity index (χ4n) is 5.01. The fourth-order valence-corrected chi connectivity index (χ4v) is 5.01. The van der Waals surface area contributed by atoms with Crippen LogP contribution < -0.4 is 10.6 Å². The molecule has 0 aromatic carbocycles. The van der Waals surface area contributed by atoms with E-state index in [0.29, 0.717) is 23.5 Å². The van der Waals surface area contributed by atoms with Crippen LogP contribution in [-0.2, 0) is 9.47 Å². The summed E-state index contributed by atoms with van der Waals surface area (Å²) in [5, 5.41) is 7.26. The number of rotatable bonds is 7. The van der Waals surface area contributed by atoms with Crippen molar-refractivity contribution in [1.29, 1.82) is 0 Å². The predicted molar refractivity (Wildman–Crippen MR) is 106 cm³/mol. The molecule has 3 rings (SSSR count). The first-order chi connectivity index (χ1) is 12.7. The maximum absolute atomic E-state index is 6.03. The quantitative estimate of drug-likeness (QED) is 0.532. The summed E-state index contributed by atoms with van der Waals surface area (Å²) in [6.45, 7) is 11.2. The van der Waals surface area contributed by atoms with Crippen molar-refractivity contribution in [3.8, 4) is 0 Å². The summed E-state index contributed by atoms with van der Waals surface area (Å²) in [5.41, 5.74) is 0.340. The van der Waals surface area contributed by atoms with E-state index in [0.717, 1.165) is 58.4 Å². The van der Waals surface area contributed by atoms with Gasteiger partial charge in [-0.2, -0.15) is 0 Å². The van der Waals surface area contributed by atoms with E-state index in [4.69, 9.17) is 9.47 Å². The van der Waals surface area contributed by atoms with Crippen LogP contribution in [0.2, 0.25) is 0 Å². The minimum absolute atomic E-state index is 0.340. The largest absolute Gasteiger partial charge is 0.379 e. The van der Waals surface area contributed by atoms with Crippen molar-refractivity contribution < 1.29 is 9.47 Å². The average molecular weight is 367 g/mol. The van der Waals surface area contributed by atoms with Crippen molar-refractivity contribution in [1.82, 2.24) is 15.5 Å². The molecular formula is C20H38N4O2. The first-order valence-electron chi connectivity index (χ1n) is 10.6. The van der Waals surface area contributed by atoms with Crippen molar-refractivity contribution in [2.24, 2.45) is 16.3 Å². The maximum Gasteiger partial charge on any atom is 0.191 e. The van der Waals surface area contributed by atoms with Crippen molar-refractivity contribution >= 4 is 5.96 Å². The molecule has 3 unspecified atom stereocenters. The summed E-state index contributed by atoms with van der Waals surface area (Å²) >= 11 is 0. The third kappa shape index (κ3) is 4.52. The van der Waals surface area contributed by atoms with Gasteiger partial charge in [-0.25, -0.2) is 0 Å². The number of ether oxygens (including phenoxy) is 2. The predicted octanol–water partition coefficient (Wildman–Crippen LogP) is 1.86. The van der Waals surface area contributed by atoms with Crippen LogP contribution in [-0.4, -0.2) is 76.1 Å². The van der Waals surface area contributed by atoms with Crippen LogP contribution in [0.1, 0.15) is 46.0 Å². The van der Waals surface area contributed by atoms with E-state index in [9.17, 15) is 0 Å². The molecule has 3 atom stereocenters. The molecule has 6 nitrogen and oxygen atoms in total. The Morgan fingerprint density at radius 1 is 1.31 bits per heavy atom. The average Bonchev–Trinajstić information content (AvgIpc) is 3.17. The first kappa shape index (κ1) is 19.9. The van der Waals surface area contributed by atoms with Crippen LogP contribution in [0, 0.1) is 11.3 Å². The van der Waals surface area contributed by atoms with Gasteiger partial charge >= 0.3 is 0 Å². The lowest BCUT2D eigenvalue weighted by Crippen LogP contribution is -2.65. The van der Waals surface area contributed by atoms with E-state index in [1.54, 1.807) is 0 Å². The van der Waals surface area contributed by atoms with E-state index in [1.807, 2.05) is 7.05 Å². The number of hydrogen-bond acceptors (Lipinski definition) is 4. The molecule has 2 N–H and O–H groups in total. The number of guanidine groups is 1. The zero-order valence-electron chi connectivity index (χ0n) is 16.9. The Morgan fingerprint density at radius 2 is 2.04 bits per heavy atom. The van der Waals surface area contributed by atoms with Crippen molar-refractivity contribution in [2.45, 2.75) is 58.1 Å². The third-order valence-electron chi connectivity index (χ3n) is 6.51. The molecule has 1 saturated heterocycles. The Kier molecular flexibility index (Phi) is 7.18. The summed E-state index contributed by atoms with van der Waals surface area (Å²) in [6.07, 6.45) is 6.80. The highest BCUT2D eigenvalue weighted by atomic mass is 16.5. The van der Waals surface area contributed by atoms with Crippen molar-refractivity contribution in [3.05, 3.63) is 0 Å². The lowest BCUT2D eigenvalue weighted by atomic mass is 9.60. The molecule has 0 aromatic heterocycles. The SMILES string of the molecule is CCOC1CC(NC(=NC)NCC(C)CN2CCOCC2)C12CCCC2. The smallest absolute Gasteiger partial charge is 0.191 e. The highest BCUT2D eigenvalue weighted by molar-refractivity contribution is 5.80. The van der Waals surface area contributed by atoms with Gasteiger partial charge in [0.25, 0.3) is 0 Å². The number of nitrogens with one attached hydrogen (secondary N) is 2. The molecule has 1 aliphatic heterocycles. The minimum atomic E-state index is 0.340. The highest BCUT2D eigenvalue weighted by Gasteiger charge is 2.56. The molecular weight excluding hydrogens is 328 g/mol. The molecule has 0 aromatic rings. The zero-order valence-corrected chi connectivity index (χ0v) is 16.9. The van der Waals surface area contributed by atoms with Gasteiger partial charge in [0.1, 0.15) is 0 Å². The number of morpholine rings is 1. The molecule has 3 fully saturated rings. The van der Waals surface area contributed by atoms with Gasteiger partial charge in [0.15, 0.2) is 5.96 Å². The summed E-state index contributed by atoms with van der Waals surface area (Å²) in [7, 11) is 1.88. The molecule has 1 spiro atoms. The molecule has 0 radical (unpaired) electrons. The number of nitrogens with zero attached hydrogens (tertiary/aromatic N) is 2. The number of hydrogen-bond donors (Lipinski definition) is 2. The topological polar surface area (TPSA) is 58.1 Å². The van der Waals surface area contributed by atoms with Gasteiger partial charge in [0.05, 0.1) is 19.3 Å². The second kappa shape index (κ2) is 9.38. The molecule has 26 heavy (non-hydrogen) atoms. The Morgan fingerprint density at radius 3 is 2.69 bits per heavy atom. The van der Waals surface area contributed by atoms with E-state index < -0.39 is 0 Å². The molecule has 2 aliphatic carbocycles. The van der Waals surface area contributed by atoms with Crippen molar-refractivity contribution in [2.75, 3.05) is 53.0 Å². The van der Waals surface area contributed by atoms with Crippen LogP contribution in [0.25, 0.3) is 0 Å². The van der Waals surface area contributed by atoms with E-state index in [-0.39, 0.29) is 0 Å². The molecule has 0 amide bonds. The third-order valence-corrected chi connectivity index (χ3v) is 6.51. The summed E-state index contributed by atoms with van der Waals surface area (Å²) < 4.78 is 11.5. The van der Waals surface area contributed by atoms with E-state index in [2.05, 4.69) is 34.4 Å². The molecule has 6 heteroatoms. The van der Waals surface area contributed by atoms with Crippen LogP contribution in [0.4, 0.5) is 0 Å². The molecule has 3 aliphatic rings. The van der Waals surface area contributed by atoms with Gasteiger partial charge in [0, 0.05) is 51.3 Å². The second-order valence-corrected chi connectivity index (χ2v) is 8.29. The van der Waals surface area contributed by atoms with Gasteiger partial charge in [-0.05, 0) is 32.1 Å². The standard InChI is InChI=1S/C20H38N4O2/c1-4-26-18-13-17(20(18)7-5-6-8-20)23-19(21-3)22-14-16(2)15-24-9-11-25-12-10-24/h16-18H,4-15H2,1-3H3,(H2,21,22,23). The molecule has 2 saturated carbocycles. The highest BCUT2D eigenvalue weighted by Crippen LogP contribution is 2.54. The van der Waals surface area contributed by atoms with E-state index in [1.165, 1.54) is 25.7 Å².